The van der Waals surface area contributed by atoms with Crippen molar-refractivity contribution in [2.24, 2.45) is 0 Å². The number of hydrogen-bond acceptors (Lipinski definition) is 3. The molecule has 0 unspecified atom stereocenters. The smallest absolute Gasteiger partial charge is 0.252 e. The highest BCUT2D eigenvalue weighted by Crippen LogP contribution is 2.05. The molecule has 0 saturated heterocycles. The molecule has 0 fully saturated rings. The molecule has 5 heteroatoms. The number of amides is 1. The number of nitrogens with zero attached hydrogens (tertiary/aromatic N) is 1. The predicted molar refractivity (Wildman–Crippen MR) is 76.2 cm³/mol. The van der Waals surface area contributed by atoms with Crippen LogP contribution in [-0.4, -0.2) is 24.5 Å². The van der Waals surface area contributed by atoms with E-state index in [-0.39, 0.29) is 11.7 Å². The summed E-state index contributed by atoms with van der Waals surface area (Å²) < 4.78 is 12.7. The standard InChI is InChI=1S/C15H16FN3O/c1-17-14-7-4-12(10-19-14)15(20)18-9-8-11-2-5-13(16)6-3-11/h2-7,10H,8-9H2,1H3,(H,17,19)(H,18,20). The fourth-order valence-corrected chi connectivity index (χ4v) is 1.75. The van der Waals surface area contributed by atoms with Crippen molar-refractivity contribution in [3.8, 4) is 0 Å². The first kappa shape index (κ1) is 14.0. The molecule has 104 valence electrons. The molecule has 0 atom stereocenters. The molecule has 2 aromatic rings. The van der Waals surface area contributed by atoms with Crippen molar-refractivity contribution in [1.29, 1.82) is 0 Å². The second-order valence-electron chi connectivity index (χ2n) is 4.31. The van der Waals surface area contributed by atoms with Gasteiger partial charge in [-0.1, -0.05) is 12.1 Å². The van der Waals surface area contributed by atoms with Gasteiger partial charge in [0.2, 0.25) is 0 Å². The Kier molecular flexibility index (Phi) is 4.65. The van der Waals surface area contributed by atoms with Gasteiger partial charge >= 0.3 is 0 Å². The van der Waals surface area contributed by atoms with Crippen LogP contribution in [0.4, 0.5) is 10.2 Å². The van der Waals surface area contributed by atoms with E-state index >= 15 is 0 Å². The molecule has 1 amide bonds. The maximum absolute atomic E-state index is 12.7. The van der Waals surface area contributed by atoms with Crippen LogP contribution >= 0.6 is 0 Å². The number of pyridine rings is 1. The van der Waals surface area contributed by atoms with Gasteiger partial charge in [0.25, 0.3) is 5.91 Å². The second-order valence-corrected chi connectivity index (χ2v) is 4.31. The minimum absolute atomic E-state index is 0.165. The number of aromatic nitrogens is 1. The molecule has 0 aliphatic heterocycles. The number of carbonyl (C=O) groups excluding carboxylic acids is 1. The molecule has 0 aliphatic rings. The zero-order valence-electron chi connectivity index (χ0n) is 11.2. The lowest BCUT2D eigenvalue weighted by molar-refractivity contribution is 0.0954. The molecule has 1 heterocycles. The molecular weight excluding hydrogens is 257 g/mol. The van der Waals surface area contributed by atoms with Crippen molar-refractivity contribution in [2.75, 3.05) is 18.9 Å². The third-order valence-electron chi connectivity index (χ3n) is 2.89. The van der Waals surface area contributed by atoms with Crippen LogP contribution in [0, 0.1) is 5.82 Å². The van der Waals surface area contributed by atoms with E-state index in [4.69, 9.17) is 0 Å². The molecule has 1 aromatic heterocycles. The first-order chi connectivity index (χ1) is 9.69. The predicted octanol–water partition coefficient (Wildman–Crippen LogP) is 2.23. The highest BCUT2D eigenvalue weighted by Gasteiger charge is 2.05. The number of rotatable bonds is 5. The van der Waals surface area contributed by atoms with Crippen LogP contribution in [-0.2, 0) is 6.42 Å². The Hall–Kier alpha value is -2.43. The lowest BCUT2D eigenvalue weighted by Crippen LogP contribution is -2.25. The normalized spacial score (nSPS) is 10.1. The van der Waals surface area contributed by atoms with Gasteiger partial charge in [-0.25, -0.2) is 9.37 Å². The molecule has 0 saturated carbocycles. The second kappa shape index (κ2) is 6.65. The molecule has 20 heavy (non-hydrogen) atoms. The lowest BCUT2D eigenvalue weighted by atomic mass is 10.1. The summed E-state index contributed by atoms with van der Waals surface area (Å²) in [6, 6.07) is 9.71. The lowest BCUT2D eigenvalue weighted by Gasteiger charge is -2.06. The Morgan fingerprint density at radius 1 is 1.20 bits per heavy atom. The van der Waals surface area contributed by atoms with Gasteiger partial charge < -0.3 is 10.6 Å². The average molecular weight is 273 g/mol. The quantitative estimate of drug-likeness (QED) is 0.878. The Morgan fingerprint density at radius 3 is 2.55 bits per heavy atom. The third kappa shape index (κ3) is 3.78. The van der Waals surface area contributed by atoms with E-state index in [1.807, 2.05) is 0 Å². The maximum atomic E-state index is 12.7. The topological polar surface area (TPSA) is 54.0 Å². The van der Waals surface area contributed by atoms with Crippen molar-refractivity contribution in [1.82, 2.24) is 10.3 Å². The molecule has 1 aromatic carbocycles. The summed E-state index contributed by atoms with van der Waals surface area (Å²) in [7, 11) is 1.77. The SMILES string of the molecule is CNc1ccc(C(=O)NCCc2ccc(F)cc2)cn1. The summed E-state index contributed by atoms with van der Waals surface area (Å²) in [5.74, 6) is 0.295. The van der Waals surface area contributed by atoms with Crippen LogP contribution in [0.3, 0.4) is 0 Å². The average Bonchev–Trinajstić information content (AvgIpc) is 2.49. The monoisotopic (exact) mass is 273 g/mol. The number of carbonyl (C=O) groups is 1. The van der Waals surface area contributed by atoms with Crippen LogP contribution in [0.15, 0.2) is 42.6 Å². The Labute approximate surface area is 117 Å². The molecule has 0 bridgehead atoms. The van der Waals surface area contributed by atoms with Gasteiger partial charge in [-0.3, -0.25) is 4.79 Å². The molecule has 2 N–H and O–H groups in total. The summed E-state index contributed by atoms with van der Waals surface area (Å²) in [5.41, 5.74) is 1.50. The van der Waals surface area contributed by atoms with E-state index in [1.165, 1.54) is 18.3 Å². The highest BCUT2D eigenvalue weighted by molar-refractivity contribution is 5.94. The van der Waals surface area contributed by atoms with Gasteiger partial charge in [0.15, 0.2) is 0 Å². The van der Waals surface area contributed by atoms with Crippen molar-refractivity contribution in [2.45, 2.75) is 6.42 Å². The van der Waals surface area contributed by atoms with Crippen molar-refractivity contribution in [3.63, 3.8) is 0 Å². The third-order valence-corrected chi connectivity index (χ3v) is 2.89. The Balaban J connectivity index is 1.83. The number of hydrogen-bond donors (Lipinski definition) is 2. The first-order valence-electron chi connectivity index (χ1n) is 6.35. The van der Waals surface area contributed by atoms with Crippen LogP contribution in [0.2, 0.25) is 0 Å². The van der Waals surface area contributed by atoms with Crippen molar-refractivity contribution in [3.05, 3.63) is 59.5 Å². The molecule has 0 aliphatic carbocycles. The maximum Gasteiger partial charge on any atom is 0.252 e. The number of nitrogens with one attached hydrogen (secondary N) is 2. The highest BCUT2D eigenvalue weighted by atomic mass is 19.1. The van der Waals surface area contributed by atoms with E-state index in [2.05, 4.69) is 15.6 Å². The van der Waals surface area contributed by atoms with E-state index in [0.29, 0.717) is 24.3 Å². The molecule has 4 nitrogen and oxygen atoms in total. The van der Waals surface area contributed by atoms with Crippen molar-refractivity contribution < 1.29 is 9.18 Å². The zero-order valence-corrected chi connectivity index (χ0v) is 11.2. The molecular formula is C15H16FN3O. The van der Waals surface area contributed by atoms with E-state index in [9.17, 15) is 9.18 Å². The van der Waals surface area contributed by atoms with Crippen molar-refractivity contribution >= 4 is 11.7 Å². The van der Waals surface area contributed by atoms with Gasteiger partial charge in [0.05, 0.1) is 5.56 Å². The van der Waals surface area contributed by atoms with Crippen LogP contribution in [0.25, 0.3) is 0 Å². The number of halogens is 1. The van der Waals surface area contributed by atoms with E-state index in [0.717, 1.165) is 5.56 Å². The Morgan fingerprint density at radius 2 is 1.95 bits per heavy atom. The summed E-state index contributed by atoms with van der Waals surface area (Å²) in [6.45, 7) is 0.498. The number of anilines is 1. The fraction of sp³-hybridized carbons (Fsp3) is 0.200. The minimum atomic E-state index is -0.256. The number of benzene rings is 1. The largest absolute Gasteiger partial charge is 0.373 e. The van der Waals surface area contributed by atoms with Gasteiger partial charge in [0.1, 0.15) is 11.6 Å². The first-order valence-corrected chi connectivity index (χ1v) is 6.35. The summed E-state index contributed by atoms with van der Waals surface area (Å²) in [6.07, 6.45) is 2.19. The molecule has 2 rings (SSSR count). The minimum Gasteiger partial charge on any atom is -0.373 e. The van der Waals surface area contributed by atoms with Crippen LogP contribution in [0.5, 0.6) is 0 Å². The summed E-state index contributed by atoms with van der Waals surface area (Å²) in [5, 5.41) is 5.70. The Bertz CT molecular complexity index is 567. The van der Waals surface area contributed by atoms with Gasteiger partial charge in [-0.15, -0.1) is 0 Å². The van der Waals surface area contributed by atoms with Gasteiger partial charge in [-0.05, 0) is 36.2 Å². The van der Waals surface area contributed by atoms with Crippen LogP contribution in [0.1, 0.15) is 15.9 Å². The molecule has 0 radical (unpaired) electrons. The summed E-state index contributed by atoms with van der Waals surface area (Å²) in [4.78, 5) is 15.9. The molecule has 0 spiro atoms. The van der Waals surface area contributed by atoms with Crippen LogP contribution < -0.4 is 10.6 Å². The van der Waals surface area contributed by atoms with E-state index in [1.54, 1.807) is 31.3 Å². The van der Waals surface area contributed by atoms with Gasteiger partial charge in [-0.2, -0.15) is 0 Å². The van der Waals surface area contributed by atoms with Gasteiger partial charge in [0, 0.05) is 19.8 Å². The fourth-order valence-electron chi connectivity index (χ4n) is 1.75. The zero-order chi connectivity index (χ0) is 14.4. The van der Waals surface area contributed by atoms with E-state index < -0.39 is 0 Å². The summed E-state index contributed by atoms with van der Waals surface area (Å²) >= 11 is 0.